The molecule has 1 aliphatic heterocycles. The maximum atomic E-state index is 13.0. The molecule has 0 saturated carbocycles. The number of unbranched alkanes of at least 4 members (excludes halogenated alkanes) is 3. The topological polar surface area (TPSA) is 196 Å². The molecule has 0 spiro atoms. The second-order valence-corrected chi connectivity index (χ2v) is 16.2. The Hall–Kier alpha value is -4.53. The van der Waals surface area contributed by atoms with Gasteiger partial charge in [-0.15, -0.1) is 20.2 Å². The number of nitrogens with one attached hydrogen (secondary N) is 2. The lowest BCUT2D eigenvalue weighted by molar-refractivity contribution is -0.790. The molecule has 1 saturated heterocycles. The van der Waals surface area contributed by atoms with Gasteiger partial charge in [0.1, 0.15) is 18.5 Å². The van der Waals surface area contributed by atoms with Gasteiger partial charge < -0.3 is 34.8 Å². The minimum Gasteiger partial charge on any atom is -0.493 e. The average molecular weight is 892 g/mol. The zero-order valence-electron chi connectivity index (χ0n) is 41.3. The normalized spacial score (nSPS) is 12.9. The summed E-state index contributed by atoms with van der Waals surface area (Å²) < 4.78 is 11.0. The molecule has 1 amide bonds. The Balaban J connectivity index is 0. The summed E-state index contributed by atoms with van der Waals surface area (Å²) in [6, 6.07) is 6.32. The molecule has 1 aromatic carbocycles. The fourth-order valence-electron chi connectivity index (χ4n) is 6.26. The maximum absolute atomic E-state index is 13.0. The number of benzene rings is 1. The first kappa shape index (κ1) is 60.6. The molecule has 63 heavy (non-hydrogen) atoms. The first-order chi connectivity index (χ1) is 29.9. The fourth-order valence-corrected chi connectivity index (χ4v) is 6.26. The van der Waals surface area contributed by atoms with Crippen LogP contribution in [0.15, 0.2) is 34.9 Å². The molecule has 0 aromatic heterocycles. The molecule has 1 unspecified atom stereocenters. The molecular formula is C48H85N5O10. The summed E-state index contributed by atoms with van der Waals surface area (Å²) in [6.45, 7) is 27.4. The highest BCUT2D eigenvalue weighted by Gasteiger charge is 2.23. The van der Waals surface area contributed by atoms with Gasteiger partial charge in [-0.1, -0.05) is 98.6 Å². The minimum atomic E-state index is -1.03. The van der Waals surface area contributed by atoms with Crippen LogP contribution in [-0.2, 0) is 24.0 Å². The van der Waals surface area contributed by atoms with Gasteiger partial charge in [-0.2, -0.15) is 0 Å². The Labute approximate surface area is 379 Å². The smallest absolute Gasteiger partial charge is 0.305 e. The Morgan fingerprint density at radius 1 is 0.841 bits per heavy atom. The van der Waals surface area contributed by atoms with E-state index < -0.39 is 22.9 Å². The van der Waals surface area contributed by atoms with Gasteiger partial charge in [-0.05, 0) is 122 Å². The number of carbonyl (C=O) groups excluding carboxylic acids is 2. The number of hydrogen-bond donors (Lipinski definition) is 2. The molecule has 362 valence electrons. The van der Waals surface area contributed by atoms with Gasteiger partial charge in [-0.3, -0.25) is 9.59 Å². The standard InChI is InChI=1S/C26H40N2O2.C14H25N3O8.2C4H10/c1-9-13-23(27)18(7)19(8)26(29)28-25(17(5)6)22-16-21(20(10-2)11-3)14-15-24(22)30-12-4;1-15-9-12(10-15)5-4-8-23-14(18)7-3-2-6-13(25-17(21)22)11-24-16(19)20;2*1-3-4-2/h14-16,20,27H,9-13H2,1-8H3,(H,28,29);12-13H,2-11H2,1H3;2*3-4H2,1-2H3/b19-18+,27-23?;;;. The van der Waals surface area contributed by atoms with Crippen LogP contribution in [0.2, 0.25) is 0 Å². The minimum absolute atomic E-state index is 0.167. The monoisotopic (exact) mass is 892 g/mol. The second-order valence-electron chi connectivity index (χ2n) is 16.2. The number of amides is 1. The Morgan fingerprint density at radius 3 is 1.92 bits per heavy atom. The van der Waals surface area contributed by atoms with E-state index in [9.17, 15) is 29.8 Å². The van der Waals surface area contributed by atoms with Crippen molar-refractivity contribution in [1.82, 2.24) is 10.2 Å². The van der Waals surface area contributed by atoms with E-state index >= 15 is 0 Å². The highest BCUT2D eigenvalue weighted by molar-refractivity contribution is 6.08. The van der Waals surface area contributed by atoms with E-state index in [1.54, 1.807) is 6.92 Å². The van der Waals surface area contributed by atoms with Crippen molar-refractivity contribution in [2.45, 2.75) is 185 Å². The predicted molar refractivity (Wildman–Crippen MR) is 254 cm³/mol. The third kappa shape index (κ3) is 28.0. The lowest BCUT2D eigenvalue weighted by atomic mass is 9.91. The van der Waals surface area contributed by atoms with Crippen LogP contribution >= 0.6 is 0 Å². The van der Waals surface area contributed by atoms with Crippen molar-refractivity contribution in [3.8, 4) is 5.75 Å². The summed E-state index contributed by atoms with van der Waals surface area (Å²) in [5.41, 5.74) is 5.84. The SMILES string of the molecule is CCCC.CCCC.CCCC(=N)/C(C)=C(\C)C(=O)NC(=C(C)C)c1cc(C(CC)CC)ccc1OCC.CN1CC(CCCOC(=O)CCCCC(CO[N+](=O)[O-])O[N+](=O)[O-])C1. The van der Waals surface area contributed by atoms with Crippen molar-refractivity contribution in [3.05, 3.63) is 66.3 Å². The predicted octanol–water partition coefficient (Wildman–Crippen LogP) is 11.8. The molecular weight excluding hydrogens is 807 g/mol. The third-order valence-electron chi connectivity index (χ3n) is 10.5. The molecule has 1 atom stereocenters. The number of esters is 1. The number of hydrogen-bond acceptors (Lipinski definition) is 12. The van der Waals surface area contributed by atoms with Gasteiger partial charge in [0.2, 0.25) is 0 Å². The number of allylic oxidation sites excluding steroid dienone is 2. The quantitative estimate of drug-likeness (QED) is 0.0213. The summed E-state index contributed by atoms with van der Waals surface area (Å²) in [5.74, 6) is 1.48. The number of ether oxygens (including phenoxy) is 2. The van der Waals surface area contributed by atoms with Crippen molar-refractivity contribution >= 4 is 23.3 Å². The van der Waals surface area contributed by atoms with Gasteiger partial charge in [0.15, 0.2) is 0 Å². The van der Waals surface area contributed by atoms with Crippen molar-refractivity contribution in [2.24, 2.45) is 5.92 Å². The van der Waals surface area contributed by atoms with Crippen LogP contribution in [0.3, 0.4) is 0 Å². The summed E-state index contributed by atoms with van der Waals surface area (Å²) in [7, 11) is 2.07. The first-order valence-electron chi connectivity index (χ1n) is 23.3. The molecule has 0 radical (unpaired) electrons. The fraction of sp³-hybridized carbons (Fsp3) is 0.729. The summed E-state index contributed by atoms with van der Waals surface area (Å²) in [5, 5.41) is 29.7. The van der Waals surface area contributed by atoms with Crippen LogP contribution in [0, 0.1) is 31.6 Å². The lowest BCUT2D eigenvalue weighted by Gasteiger charge is -2.36. The van der Waals surface area contributed by atoms with E-state index in [-0.39, 0.29) is 24.7 Å². The van der Waals surface area contributed by atoms with E-state index in [0.29, 0.717) is 55.6 Å². The number of rotatable bonds is 27. The van der Waals surface area contributed by atoms with Gasteiger partial charge >= 0.3 is 5.97 Å². The molecule has 1 aliphatic rings. The number of carbonyl (C=O) groups is 2. The van der Waals surface area contributed by atoms with E-state index in [4.69, 9.17) is 14.9 Å². The maximum Gasteiger partial charge on any atom is 0.305 e. The van der Waals surface area contributed by atoms with Gasteiger partial charge in [0, 0.05) is 36.4 Å². The molecule has 0 aliphatic carbocycles. The van der Waals surface area contributed by atoms with Gasteiger partial charge in [0.25, 0.3) is 16.1 Å². The van der Waals surface area contributed by atoms with Crippen molar-refractivity contribution < 1.29 is 38.9 Å². The summed E-state index contributed by atoms with van der Waals surface area (Å²) >= 11 is 0. The first-order valence-corrected chi connectivity index (χ1v) is 23.3. The van der Waals surface area contributed by atoms with E-state index in [2.05, 4.69) is 80.6 Å². The Morgan fingerprint density at radius 2 is 1.44 bits per heavy atom. The third-order valence-corrected chi connectivity index (χ3v) is 10.5. The van der Waals surface area contributed by atoms with Crippen LogP contribution in [0.4, 0.5) is 0 Å². The van der Waals surface area contributed by atoms with Crippen molar-refractivity contribution in [2.75, 3.05) is 40.0 Å². The van der Waals surface area contributed by atoms with Crippen LogP contribution in [-0.4, -0.2) is 78.7 Å². The molecule has 1 aromatic rings. The second kappa shape index (κ2) is 36.9. The van der Waals surface area contributed by atoms with Gasteiger partial charge in [0.05, 0.1) is 18.9 Å². The molecule has 1 heterocycles. The van der Waals surface area contributed by atoms with E-state index in [0.717, 1.165) is 73.3 Å². The van der Waals surface area contributed by atoms with Crippen molar-refractivity contribution in [1.29, 1.82) is 5.41 Å². The van der Waals surface area contributed by atoms with Crippen LogP contribution < -0.4 is 10.1 Å². The largest absolute Gasteiger partial charge is 0.493 e. The zero-order chi connectivity index (χ0) is 48.3. The highest BCUT2D eigenvalue weighted by atomic mass is 17.0. The Kier molecular flexibility index (Phi) is 35.5. The average Bonchev–Trinajstić information content (AvgIpc) is 3.24. The van der Waals surface area contributed by atoms with E-state index in [1.165, 1.54) is 31.2 Å². The van der Waals surface area contributed by atoms with Crippen LogP contribution in [0.25, 0.3) is 5.70 Å². The molecule has 2 rings (SSSR count). The summed E-state index contributed by atoms with van der Waals surface area (Å²) in [4.78, 5) is 55.7. The van der Waals surface area contributed by atoms with Crippen LogP contribution in [0.1, 0.15) is 190 Å². The molecule has 0 bridgehead atoms. The lowest BCUT2D eigenvalue weighted by Crippen LogP contribution is -2.43. The van der Waals surface area contributed by atoms with Gasteiger partial charge in [-0.25, -0.2) is 0 Å². The molecule has 1 fully saturated rings. The van der Waals surface area contributed by atoms with Crippen LogP contribution in [0.5, 0.6) is 5.75 Å². The molecule has 2 N–H and O–H groups in total. The Bertz CT molecular complexity index is 1530. The van der Waals surface area contributed by atoms with Crippen molar-refractivity contribution in [3.63, 3.8) is 0 Å². The highest BCUT2D eigenvalue weighted by Crippen LogP contribution is 2.33. The zero-order valence-corrected chi connectivity index (χ0v) is 41.3. The summed E-state index contributed by atoms with van der Waals surface area (Å²) in [6.07, 6.45) is 11.1. The van der Waals surface area contributed by atoms with E-state index in [1.807, 2.05) is 40.7 Å². The number of likely N-dealkylation sites (tertiary alicyclic amines) is 1. The molecule has 15 nitrogen and oxygen atoms in total. The number of nitrogens with zero attached hydrogens (tertiary/aromatic N) is 3. The molecule has 15 heteroatoms.